The van der Waals surface area contributed by atoms with Crippen LogP contribution in [0.3, 0.4) is 0 Å². The summed E-state index contributed by atoms with van der Waals surface area (Å²) in [5.74, 6) is -1.37. The number of rotatable bonds is 5. The van der Waals surface area contributed by atoms with Crippen LogP contribution in [0.25, 0.3) is 22.0 Å². The number of piperidine rings is 1. The highest BCUT2D eigenvalue weighted by Crippen LogP contribution is 2.33. The number of nitrogens with zero attached hydrogens (tertiary/aromatic N) is 3. The molecule has 3 aromatic rings. The van der Waals surface area contributed by atoms with Crippen molar-refractivity contribution in [2.75, 3.05) is 18.5 Å². The van der Waals surface area contributed by atoms with Crippen molar-refractivity contribution in [3.63, 3.8) is 0 Å². The highest BCUT2D eigenvalue weighted by atomic mass is 35.5. The Morgan fingerprint density at radius 1 is 1.26 bits per heavy atom. The molecular formula is C27H28ClN5O5. The van der Waals surface area contributed by atoms with Crippen LogP contribution in [0.4, 0.5) is 10.6 Å². The van der Waals surface area contributed by atoms with Gasteiger partial charge >= 0.3 is 12.1 Å². The number of carbonyl (C=O) groups is 3. The molecule has 10 nitrogen and oxygen atoms in total. The first kappa shape index (κ1) is 26.9. The summed E-state index contributed by atoms with van der Waals surface area (Å²) in [4.78, 5) is 38.9. The zero-order chi connectivity index (χ0) is 27.6. The van der Waals surface area contributed by atoms with E-state index in [0.29, 0.717) is 39.9 Å². The summed E-state index contributed by atoms with van der Waals surface area (Å²) in [7, 11) is 0. The van der Waals surface area contributed by atoms with E-state index in [1.54, 1.807) is 45.0 Å². The summed E-state index contributed by atoms with van der Waals surface area (Å²) in [6.45, 7) is 5.13. The van der Waals surface area contributed by atoms with E-state index in [1.807, 2.05) is 12.1 Å². The third-order valence-corrected chi connectivity index (χ3v) is 6.90. The number of amides is 2. The van der Waals surface area contributed by atoms with Gasteiger partial charge in [0.15, 0.2) is 5.82 Å². The number of aromatic nitrogens is 2. The number of fused-ring (bicyclic) bond motifs is 1. The van der Waals surface area contributed by atoms with Crippen LogP contribution in [0.15, 0.2) is 36.4 Å². The van der Waals surface area contributed by atoms with Crippen molar-refractivity contribution in [2.24, 2.45) is 11.3 Å². The molecule has 1 fully saturated rings. The second kappa shape index (κ2) is 10.7. The number of anilines is 1. The molecule has 1 aliphatic heterocycles. The Balaban J connectivity index is 1.61. The predicted molar refractivity (Wildman–Crippen MR) is 142 cm³/mol. The third-order valence-electron chi connectivity index (χ3n) is 6.57. The minimum Gasteiger partial charge on any atom is -0.465 e. The molecule has 3 N–H and O–H groups in total. The van der Waals surface area contributed by atoms with Gasteiger partial charge in [-0.15, -0.1) is 0 Å². The Morgan fingerprint density at radius 3 is 2.71 bits per heavy atom. The first-order valence-corrected chi connectivity index (χ1v) is 12.5. The van der Waals surface area contributed by atoms with Gasteiger partial charge in [0.05, 0.1) is 34.5 Å². The number of nitriles is 1. The van der Waals surface area contributed by atoms with E-state index in [4.69, 9.17) is 16.3 Å². The van der Waals surface area contributed by atoms with E-state index < -0.39 is 35.3 Å². The first-order valence-electron chi connectivity index (χ1n) is 12.2. The standard InChI is InChI=1S/C27H28ClN5O5/c1-27(2,3)25(35)38-14-22-17(5-4-10-33(22)26(36)37)24(34)30-23-19-12-16(7-9-21(19)31-32-23)18-11-15(13-29)6-8-20(18)28/h6-9,11-12,17,22H,4-5,10,14H2,1-3H3,(H,36,37)(H2,30,31,32,34)/t17-,22?/m1/s1. The summed E-state index contributed by atoms with van der Waals surface area (Å²) in [5, 5.41) is 30.1. The molecule has 0 spiro atoms. The molecule has 0 aliphatic carbocycles. The molecule has 2 aromatic carbocycles. The number of esters is 1. The lowest BCUT2D eigenvalue weighted by Gasteiger charge is -2.38. The minimum absolute atomic E-state index is 0.223. The van der Waals surface area contributed by atoms with Crippen LogP contribution in [0.1, 0.15) is 39.2 Å². The molecule has 1 aromatic heterocycles. The number of H-pyrrole nitrogens is 1. The minimum atomic E-state index is -1.18. The van der Waals surface area contributed by atoms with E-state index in [-0.39, 0.29) is 19.0 Å². The Labute approximate surface area is 224 Å². The van der Waals surface area contributed by atoms with E-state index >= 15 is 0 Å². The molecule has 0 saturated carbocycles. The number of nitrogens with one attached hydrogen (secondary N) is 2. The van der Waals surface area contributed by atoms with Gasteiger partial charge in [-0.3, -0.25) is 14.7 Å². The van der Waals surface area contributed by atoms with Gasteiger partial charge in [-0.1, -0.05) is 17.7 Å². The van der Waals surface area contributed by atoms with Crippen LogP contribution in [0, 0.1) is 22.7 Å². The second-order valence-corrected chi connectivity index (χ2v) is 10.7. The Hall–Kier alpha value is -4.10. The molecular weight excluding hydrogens is 510 g/mol. The summed E-state index contributed by atoms with van der Waals surface area (Å²) in [6.07, 6.45) is -0.254. The molecule has 1 unspecified atom stereocenters. The molecule has 2 amide bonds. The fraction of sp³-hybridized carbons (Fsp3) is 0.370. The lowest BCUT2D eigenvalue weighted by Crippen LogP contribution is -2.54. The van der Waals surface area contributed by atoms with E-state index in [2.05, 4.69) is 21.6 Å². The molecule has 11 heteroatoms. The lowest BCUT2D eigenvalue weighted by atomic mass is 9.88. The number of likely N-dealkylation sites (tertiary alicyclic amines) is 1. The highest BCUT2D eigenvalue weighted by Gasteiger charge is 2.40. The molecule has 198 valence electrons. The van der Waals surface area contributed by atoms with Crippen LogP contribution >= 0.6 is 11.6 Å². The van der Waals surface area contributed by atoms with Gasteiger partial charge in [0.1, 0.15) is 6.61 Å². The van der Waals surface area contributed by atoms with E-state index in [0.717, 1.165) is 10.5 Å². The van der Waals surface area contributed by atoms with Crippen molar-refractivity contribution in [1.29, 1.82) is 5.26 Å². The smallest absolute Gasteiger partial charge is 0.407 e. The van der Waals surface area contributed by atoms with Gasteiger partial charge < -0.3 is 20.1 Å². The second-order valence-electron chi connectivity index (χ2n) is 10.3. The molecule has 2 atom stereocenters. The van der Waals surface area contributed by atoms with E-state index in [9.17, 15) is 24.8 Å². The van der Waals surface area contributed by atoms with Gasteiger partial charge in [-0.05, 0) is 69.5 Å². The van der Waals surface area contributed by atoms with Crippen LogP contribution < -0.4 is 5.32 Å². The number of hydrogen-bond donors (Lipinski definition) is 3. The maximum Gasteiger partial charge on any atom is 0.407 e. The molecule has 0 radical (unpaired) electrons. The van der Waals surface area contributed by atoms with Gasteiger partial charge in [-0.2, -0.15) is 10.4 Å². The van der Waals surface area contributed by atoms with Crippen molar-refractivity contribution >= 4 is 46.3 Å². The van der Waals surface area contributed by atoms with Gasteiger partial charge in [0.2, 0.25) is 5.91 Å². The quantitative estimate of drug-likeness (QED) is 0.386. The first-order chi connectivity index (χ1) is 18.0. The normalized spacial score (nSPS) is 17.6. The predicted octanol–water partition coefficient (Wildman–Crippen LogP) is 5.04. The maximum atomic E-state index is 13.4. The monoisotopic (exact) mass is 537 g/mol. The van der Waals surface area contributed by atoms with E-state index in [1.165, 1.54) is 0 Å². The van der Waals surface area contributed by atoms with Crippen molar-refractivity contribution in [3.05, 3.63) is 47.0 Å². The molecule has 1 aliphatic rings. The zero-order valence-corrected chi connectivity index (χ0v) is 22.0. The summed E-state index contributed by atoms with van der Waals surface area (Å²) >= 11 is 6.38. The maximum absolute atomic E-state index is 13.4. The molecule has 4 rings (SSSR count). The van der Waals surface area contributed by atoms with Gasteiger partial charge in [0.25, 0.3) is 0 Å². The Bertz CT molecular complexity index is 1440. The molecule has 38 heavy (non-hydrogen) atoms. The number of aromatic amines is 1. The van der Waals surface area contributed by atoms with Crippen LogP contribution in [0.5, 0.6) is 0 Å². The number of carbonyl (C=O) groups excluding carboxylic acids is 2. The average molecular weight is 538 g/mol. The van der Waals surface area contributed by atoms with Crippen molar-refractivity contribution in [2.45, 2.75) is 39.7 Å². The molecule has 2 heterocycles. The third kappa shape index (κ3) is 5.58. The number of benzene rings is 2. The molecule has 1 saturated heterocycles. The fourth-order valence-corrected chi connectivity index (χ4v) is 4.71. The Kier molecular flexibility index (Phi) is 7.60. The van der Waals surface area contributed by atoms with Crippen molar-refractivity contribution in [1.82, 2.24) is 15.1 Å². The van der Waals surface area contributed by atoms with Crippen LogP contribution in [-0.2, 0) is 14.3 Å². The van der Waals surface area contributed by atoms with Gasteiger partial charge in [0, 0.05) is 22.5 Å². The largest absolute Gasteiger partial charge is 0.465 e. The number of hydrogen-bond acceptors (Lipinski definition) is 6. The zero-order valence-electron chi connectivity index (χ0n) is 21.2. The lowest BCUT2D eigenvalue weighted by molar-refractivity contribution is -0.156. The number of ether oxygens (including phenoxy) is 1. The number of halogens is 1. The molecule has 0 bridgehead atoms. The summed E-state index contributed by atoms with van der Waals surface area (Å²) < 4.78 is 5.43. The topological polar surface area (TPSA) is 148 Å². The summed E-state index contributed by atoms with van der Waals surface area (Å²) in [6, 6.07) is 11.7. The van der Waals surface area contributed by atoms with Gasteiger partial charge in [-0.25, -0.2) is 4.79 Å². The van der Waals surface area contributed by atoms with Crippen LogP contribution in [0.2, 0.25) is 5.02 Å². The summed E-state index contributed by atoms with van der Waals surface area (Å²) in [5.41, 5.74) is 1.77. The van der Waals surface area contributed by atoms with Crippen molar-refractivity contribution in [3.8, 4) is 17.2 Å². The average Bonchev–Trinajstić information content (AvgIpc) is 3.28. The highest BCUT2D eigenvalue weighted by molar-refractivity contribution is 6.33. The van der Waals surface area contributed by atoms with Crippen molar-refractivity contribution < 1.29 is 24.2 Å². The SMILES string of the molecule is CC(C)(C)C(=O)OCC1[C@H](C(=O)Nc2n[nH]c3ccc(-c4cc(C#N)ccc4Cl)cc23)CCCN1C(=O)O. The Morgan fingerprint density at radius 2 is 2.03 bits per heavy atom. The van der Waals surface area contributed by atoms with Crippen LogP contribution in [-0.4, -0.2) is 57.4 Å². The number of carboxylic acid groups (broad SMARTS) is 1. The fourth-order valence-electron chi connectivity index (χ4n) is 4.49.